The molecule has 0 amide bonds. The highest BCUT2D eigenvalue weighted by molar-refractivity contribution is 14.0. The van der Waals surface area contributed by atoms with Crippen molar-refractivity contribution in [2.45, 2.75) is 26.3 Å². The Hall–Kier alpha value is -1.10. The molecule has 4 N–H and O–H groups in total. The van der Waals surface area contributed by atoms with Crippen molar-refractivity contribution in [3.05, 3.63) is 29.8 Å². The average molecular weight is 506 g/mol. The van der Waals surface area contributed by atoms with Crippen molar-refractivity contribution < 1.29 is 14.6 Å². The first kappa shape index (κ1) is 24.9. The Morgan fingerprint density at radius 2 is 2.07 bits per heavy atom. The van der Waals surface area contributed by atoms with Crippen molar-refractivity contribution in [2.75, 3.05) is 58.5 Å². The predicted octanol–water partition coefficient (Wildman–Crippen LogP) is 2.21. The fourth-order valence-electron chi connectivity index (χ4n) is 3.12. The number of nitrogens with one attached hydrogen (secondary N) is 3. The van der Waals surface area contributed by atoms with E-state index in [1.807, 2.05) is 0 Å². The molecule has 1 unspecified atom stereocenters. The van der Waals surface area contributed by atoms with E-state index < -0.39 is 0 Å². The molecule has 1 fully saturated rings. The first-order valence-corrected chi connectivity index (χ1v) is 9.74. The van der Waals surface area contributed by atoms with Crippen LogP contribution in [0.25, 0.3) is 0 Å². The van der Waals surface area contributed by atoms with Gasteiger partial charge in [0.15, 0.2) is 5.96 Å². The summed E-state index contributed by atoms with van der Waals surface area (Å²) < 4.78 is 10.6. The third-order valence-corrected chi connectivity index (χ3v) is 4.81. The van der Waals surface area contributed by atoms with E-state index in [0.29, 0.717) is 19.8 Å². The number of ether oxygens (including phenoxy) is 2. The molecule has 0 aliphatic carbocycles. The Labute approximate surface area is 185 Å². The number of hydrogen-bond donors (Lipinski definition) is 4. The Bertz CT molecular complexity index is 563. The third kappa shape index (κ3) is 8.50. The summed E-state index contributed by atoms with van der Waals surface area (Å²) in [5.41, 5.74) is 2.23. The number of benzene rings is 1. The molecule has 0 saturated carbocycles. The summed E-state index contributed by atoms with van der Waals surface area (Å²) in [7, 11) is 1.70. The molecule has 1 aliphatic heterocycles. The van der Waals surface area contributed by atoms with Crippen molar-refractivity contribution in [3.8, 4) is 0 Å². The van der Waals surface area contributed by atoms with Gasteiger partial charge in [0, 0.05) is 51.1 Å². The van der Waals surface area contributed by atoms with Gasteiger partial charge in [0.25, 0.3) is 0 Å². The Morgan fingerprint density at radius 3 is 2.68 bits per heavy atom. The summed E-state index contributed by atoms with van der Waals surface area (Å²) in [4.78, 5) is 4.69. The van der Waals surface area contributed by atoms with Gasteiger partial charge in [0.1, 0.15) is 0 Å². The molecule has 1 heterocycles. The highest BCUT2D eigenvalue weighted by atomic mass is 127. The fourth-order valence-corrected chi connectivity index (χ4v) is 3.12. The van der Waals surface area contributed by atoms with Crippen LogP contribution >= 0.6 is 24.0 Å². The van der Waals surface area contributed by atoms with Crippen LogP contribution in [0.5, 0.6) is 0 Å². The quantitative estimate of drug-likeness (QED) is 0.159. The summed E-state index contributed by atoms with van der Waals surface area (Å²) in [5.74, 6) is 0.795. The number of nitrogens with zero attached hydrogens (tertiary/aromatic N) is 1. The van der Waals surface area contributed by atoms with Crippen LogP contribution < -0.4 is 16.0 Å². The van der Waals surface area contributed by atoms with Crippen molar-refractivity contribution in [1.29, 1.82) is 0 Å². The third-order valence-electron chi connectivity index (χ3n) is 4.81. The first-order valence-electron chi connectivity index (χ1n) is 9.74. The van der Waals surface area contributed by atoms with Crippen LogP contribution in [0, 0.1) is 5.41 Å². The molecular weight excluding hydrogens is 471 g/mol. The molecule has 2 rings (SSSR count). The number of aliphatic hydroxyl groups excluding tert-OH is 1. The summed E-state index contributed by atoms with van der Waals surface area (Å²) >= 11 is 0. The van der Waals surface area contributed by atoms with Gasteiger partial charge < -0.3 is 30.5 Å². The molecule has 1 aromatic rings. The second kappa shape index (κ2) is 14.0. The summed E-state index contributed by atoms with van der Waals surface area (Å²) in [6, 6.07) is 8.29. The van der Waals surface area contributed by atoms with Gasteiger partial charge in [0.2, 0.25) is 0 Å². The Morgan fingerprint density at radius 1 is 1.29 bits per heavy atom. The van der Waals surface area contributed by atoms with E-state index in [4.69, 9.17) is 14.5 Å². The van der Waals surface area contributed by atoms with Crippen LogP contribution in [0.2, 0.25) is 0 Å². The molecule has 1 aliphatic rings. The van der Waals surface area contributed by atoms with Gasteiger partial charge in [-0.1, -0.05) is 12.1 Å². The zero-order chi connectivity index (χ0) is 19.4. The van der Waals surface area contributed by atoms with Crippen LogP contribution in [0.15, 0.2) is 29.3 Å². The van der Waals surface area contributed by atoms with Crippen molar-refractivity contribution in [1.82, 2.24) is 10.6 Å². The SMILES string of the molecule is CCNC(=NCc1ccc(NCCOC)cc1)NCC1(CCO)CCOC1.I. The van der Waals surface area contributed by atoms with Gasteiger partial charge in [-0.25, -0.2) is 4.99 Å². The minimum atomic E-state index is 0. The van der Waals surface area contributed by atoms with E-state index in [2.05, 4.69) is 47.1 Å². The minimum absolute atomic E-state index is 0. The lowest BCUT2D eigenvalue weighted by Gasteiger charge is -2.27. The number of aliphatic imine (C=N–C) groups is 1. The van der Waals surface area contributed by atoms with Crippen LogP contribution in [0.3, 0.4) is 0 Å². The molecule has 1 saturated heterocycles. The van der Waals surface area contributed by atoms with E-state index in [0.717, 1.165) is 56.3 Å². The van der Waals surface area contributed by atoms with E-state index in [-0.39, 0.29) is 36.0 Å². The van der Waals surface area contributed by atoms with Gasteiger partial charge in [-0.2, -0.15) is 0 Å². The maximum atomic E-state index is 9.36. The topological polar surface area (TPSA) is 87.1 Å². The molecule has 160 valence electrons. The van der Waals surface area contributed by atoms with Gasteiger partial charge in [-0.3, -0.25) is 0 Å². The average Bonchev–Trinajstić information content (AvgIpc) is 3.14. The standard InChI is InChI=1S/C20H34N4O3.HI/c1-3-21-19(24-15-20(8-11-25)9-12-27-16-20)23-14-17-4-6-18(7-5-17)22-10-13-26-2;/h4-7,22,25H,3,8-16H2,1-2H3,(H2,21,23,24);1H. The van der Waals surface area contributed by atoms with Gasteiger partial charge in [-0.15, -0.1) is 24.0 Å². The maximum Gasteiger partial charge on any atom is 0.191 e. The van der Waals surface area contributed by atoms with Crippen LogP contribution in [0.1, 0.15) is 25.3 Å². The normalized spacial score (nSPS) is 19.2. The molecule has 1 atom stereocenters. The number of halogens is 1. The van der Waals surface area contributed by atoms with E-state index >= 15 is 0 Å². The molecule has 1 aromatic carbocycles. The molecule has 8 heteroatoms. The van der Waals surface area contributed by atoms with Gasteiger partial charge >= 0.3 is 0 Å². The second-order valence-electron chi connectivity index (χ2n) is 6.94. The lowest BCUT2D eigenvalue weighted by molar-refractivity contribution is 0.127. The van der Waals surface area contributed by atoms with Gasteiger partial charge in [0.05, 0.1) is 19.8 Å². The highest BCUT2D eigenvalue weighted by Crippen LogP contribution is 2.31. The molecule has 28 heavy (non-hydrogen) atoms. The molecule has 0 radical (unpaired) electrons. The lowest BCUT2D eigenvalue weighted by Crippen LogP contribution is -2.44. The molecule has 0 bridgehead atoms. The summed E-state index contributed by atoms with van der Waals surface area (Å²) in [5, 5.41) is 19.4. The van der Waals surface area contributed by atoms with E-state index in [9.17, 15) is 5.11 Å². The largest absolute Gasteiger partial charge is 0.396 e. The minimum Gasteiger partial charge on any atom is -0.396 e. The van der Waals surface area contributed by atoms with Crippen LogP contribution in [-0.4, -0.2) is 64.2 Å². The molecule has 0 spiro atoms. The molecule has 7 nitrogen and oxygen atoms in total. The number of methoxy groups -OCH3 is 1. The Balaban J connectivity index is 0.00000392. The summed E-state index contributed by atoms with van der Waals surface area (Å²) in [6.07, 6.45) is 1.72. The summed E-state index contributed by atoms with van der Waals surface area (Å²) in [6.45, 7) is 7.34. The lowest BCUT2D eigenvalue weighted by atomic mass is 9.84. The number of rotatable bonds is 11. The van der Waals surface area contributed by atoms with Gasteiger partial charge in [-0.05, 0) is 37.5 Å². The maximum absolute atomic E-state index is 9.36. The zero-order valence-corrected chi connectivity index (χ0v) is 19.3. The Kier molecular flexibility index (Phi) is 12.4. The first-order chi connectivity index (χ1) is 13.2. The fraction of sp³-hybridized carbons (Fsp3) is 0.650. The van der Waals surface area contributed by atoms with Crippen molar-refractivity contribution in [2.24, 2.45) is 10.4 Å². The molecular formula is C20H35IN4O3. The number of aliphatic hydroxyl groups is 1. The number of anilines is 1. The van der Waals surface area contributed by atoms with Crippen molar-refractivity contribution >= 4 is 35.6 Å². The predicted molar refractivity (Wildman–Crippen MR) is 125 cm³/mol. The van der Waals surface area contributed by atoms with Crippen molar-refractivity contribution in [3.63, 3.8) is 0 Å². The number of guanidine groups is 1. The highest BCUT2D eigenvalue weighted by Gasteiger charge is 2.34. The van der Waals surface area contributed by atoms with Crippen LogP contribution in [0.4, 0.5) is 5.69 Å². The van der Waals surface area contributed by atoms with E-state index in [1.165, 1.54) is 0 Å². The monoisotopic (exact) mass is 506 g/mol. The smallest absolute Gasteiger partial charge is 0.191 e. The molecule has 0 aromatic heterocycles. The van der Waals surface area contributed by atoms with Crippen LogP contribution in [-0.2, 0) is 16.0 Å². The zero-order valence-electron chi connectivity index (χ0n) is 17.0. The van der Waals surface area contributed by atoms with E-state index in [1.54, 1.807) is 7.11 Å². The number of hydrogen-bond acceptors (Lipinski definition) is 5. The second-order valence-corrected chi connectivity index (χ2v) is 6.94.